The molecule has 1 spiro atoms. The highest BCUT2D eigenvalue weighted by atomic mass is 19.4. The smallest absolute Gasteiger partial charge is 0.435 e. The van der Waals surface area contributed by atoms with Crippen LogP contribution >= 0.6 is 0 Å². The van der Waals surface area contributed by atoms with Crippen LogP contribution in [-0.2, 0) is 26.9 Å². The third-order valence-electron chi connectivity index (χ3n) is 6.06. The van der Waals surface area contributed by atoms with Crippen molar-refractivity contribution in [3.63, 3.8) is 0 Å². The van der Waals surface area contributed by atoms with E-state index in [0.29, 0.717) is 43.9 Å². The molecule has 1 amide bonds. The van der Waals surface area contributed by atoms with Gasteiger partial charge in [0.15, 0.2) is 5.69 Å². The highest BCUT2D eigenvalue weighted by molar-refractivity contribution is 5.77. The Morgan fingerprint density at radius 1 is 1.21 bits per heavy atom. The molecule has 0 bridgehead atoms. The third-order valence-corrected chi connectivity index (χ3v) is 6.06. The second-order valence-electron chi connectivity index (χ2n) is 8.43. The molecule has 1 atom stereocenters. The van der Waals surface area contributed by atoms with E-state index in [1.807, 2.05) is 4.90 Å². The summed E-state index contributed by atoms with van der Waals surface area (Å²) < 4.78 is 42.5. The van der Waals surface area contributed by atoms with Crippen LogP contribution in [0.2, 0.25) is 0 Å². The van der Waals surface area contributed by atoms with Gasteiger partial charge in [0.25, 0.3) is 0 Å². The molecular formula is C19H22F3N3O3. The highest BCUT2D eigenvalue weighted by Gasteiger charge is 2.53. The van der Waals surface area contributed by atoms with Crippen LogP contribution < -0.4 is 0 Å². The molecule has 28 heavy (non-hydrogen) atoms. The van der Waals surface area contributed by atoms with Crippen LogP contribution in [0.15, 0.2) is 12.1 Å². The summed E-state index contributed by atoms with van der Waals surface area (Å²) in [5.74, 6) is 0.482. The number of halogens is 3. The Morgan fingerprint density at radius 2 is 1.96 bits per heavy atom. The summed E-state index contributed by atoms with van der Waals surface area (Å²) >= 11 is 0. The molecule has 4 rings (SSSR count). The van der Waals surface area contributed by atoms with E-state index in [4.69, 9.17) is 4.74 Å². The van der Waals surface area contributed by atoms with Crippen LogP contribution in [-0.4, -0.2) is 46.7 Å². The van der Waals surface area contributed by atoms with Gasteiger partial charge in [-0.2, -0.15) is 18.3 Å². The van der Waals surface area contributed by atoms with Gasteiger partial charge in [-0.15, -0.1) is 5.10 Å². The molecule has 1 aromatic heterocycles. The predicted octanol–water partition coefficient (Wildman–Crippen LogP) is 2.62. The second-order valence-corrected chi connectivity index (χ2v) is 8.43. The first-order chi connectivity index (χ1) is 13.2. The van der Waals surface area contributed by atoms with Gasteiger partial charge < -0.3 is 9.64 Å². The fourth-order valence-electron chi connectivity index (χ4n) is 4.66. The Labute approximate surface area is 160 Å². The first-order valence-corrected chi connectivity index (χ1v) is 9.56. The molecule has 3 heterocycles. The molecule has 9 heteroatoms. The third kappa shape index (κ3) is 3.98. The summed E-state index contributed by atoms with van der Waals surface area (Å²) in [5, 5.41) is 6.97. The van der Waals surface area contributed by atoms with Gasteiger partial charge in [-0.1, -0.05) is 0 Å². The Morgan fingerprint density at radius 3 is 2.54 bits per heavy atom. The first-order valence-electron chi connectivity index (χ1n) is 9.56. The van der Waals surface area contributed by atoms with Crippen molar-refractivity contribution in [1.82, 2.24) is 15.1 Å². The van der Waals surface area contributed by atoms with Crippen LogP contribution in [0.3, 0.4) is 0 Å². The topological polar surface area (TPSA) is 72.4 Å². The van der Waals surface area contributed by atoms with E-state index in [1.54, 1.807) is 0 Å². The Balaban J connectivity index is 1.17. The minimum absolute atomic E-state index is 0.127. The minimum Gasteiger partial charge on any atom is -0.465 e. The summed E-state index contributed by atoms with van der Waals surface area (Å²) in [6.07, 6.45) is -0.378. The first kappa shape index (κ1) is 19.1. The minimum atomic E-state index is -4.46. The van der Waals surface area contributed by atoms with Crippen LogP contribution in [0.4, 0.5) is 13.2 Å². The lowest BCUT2D eigenvalue weighted by Gasteiger charge is -2.59. The fraction of sp³-hybridized carbons (Fsp3) is 0.684. The second kappa shape index (κ2) is 7.00. The van der Waals surface area contributed by atoms with Gasteiger partial charge in [-0.3, -0.25) is 9.59 Å². The molecule has 2 aliphatic heterocycles. The lowest BCUT2D eigenvalue weighted by molar-refractivity contribution is -0.155. The average Bonchev–Trinajstić information content (AvgIpc) is 2.98. The Bertz CT molecular complexity index is 752. The number of alkyl halides is 3. The number of carbonyl (C=O) groups excluding carboxylic acids is 2. The zero-order valence-corrected chi connectivity index (χ0v) is 15.4. The molecule has 0 unspecified atom stereocenters. The van der Waals surface area contributed by atoms with Gasteiger partial charge >= 0.3 is 12.1 Å². The molecule has 0 N–H and O–H groups in total. The van der Waals surface area contributed by atoms with Gasteiger partial charge in [0.1, 0.15) is 0 Å². The quantitative estimate of drug-likeness (QED) is 0.715. The van der Waals surface area contributed by atoms with E-state index in [-0.39, 0.29) is 23.2 Å². The van der Waals surface area contributed by atoms with Crippen LogP contribution in [0.5, 0.6) is 0 Å². The maximum atomic E-state index is 12.5. The number of rotatable bonds is 5. The molecule has 6 nitrogen and oxygen atoms in total. The standard InChI is InChI=1S/C19H22F3N3O3/c20-19(21,22)15-3-2-14(23-24-15)5-13-7-18(8-13)10-25(11-18)16(26)4-1-12-6-17(27)28-9-12/h2-3,12-13H,1,4-11H2/t12-/m0/s1. The highest BCUT2D eigenvalue weighted by Crippen LogP contribution is 2.52. The summed E-state index contributed by atoms with van der Waals surface area (Å²) in [4.78, 5) is 25.2. The number of amides is 1. The summed E-state index contributed by atoms with van der Waals surface area (Å²) in [6, 6.07) is 2.37. The zero-order chi connectivity index (χ0) is 19.9. The van der Waals surface area contributed by atoms with Gasteiger partial charge in [0.05, 0.1) is 18.7 Å². The summed E-state index contributed by atoms with van der Waals surface area (Å²) in [7, 11) is 0. The Kier molecular flexibility index (Phi) is 4.79. The summed E-state index contributed by atoms with van der Waals surface area (Å²) in [5.41, 5.74) is -0.219. The molecule has 152 valence electrons. The van der Waals surface area contributed by atoms with Crippen molar-refractivity contribution in [1.29, 1.82) is 0 Å². The lowest BCUT2D eigenvalue weighted by Crippen LogP contribution is -2.63. The number of hydrogen-bond acceptors (Lipinski definition) is 5. The average molecular weight is 397 g/mol. The molecule has 0 radical (unpaired) electrons. The van der Waals surface area contributed by atoms with Crippen molar-refractivity contribution in [2.75, 3.05) is 19.7 Å². The van der Waals surface area contributed by atoms with E-state index in [1.165, 1.54) is 6.07 Å². The number of hydrogen-bond donors (Lipinski definition) is 0. The van der Waals surface area contributed by atoms with Crippen molar-refractivity contribution >= 4 is 11.9 Å². The number of aromatic nitrogens is 2. The van der Waals surface area contributed by atoms with Gasteiger partial charge in [0.2, 0.25) is 5.91 Å². The maximum absolute atomic E-state index is 12.5. The van der Waals surface area contributed by atoms with Gasteiger partial charge in [0, 0.05) is 30.8 Å². The lowest BCUT2D eigenvalue weighted by atomic mass is 9.56. The zero-order valence-electron chi connectivity index (χ0n) is 15.4. The largest absolute Gasteiger partial charge is 0.465 e. The number of likely N-dealkylation sites (tertiary alicyclic amines) is 1. The molecule has 3 aliphatic rings. The molecule has 1 aromatic rings. The van der Waals surface area contributed by atoms with Crippen molar-refractivity contribution in [3.05, 3.63) is 23.5 Å². The van der Waals surface area contributed by atoms with Crippen molar-refractivity contribution in [3.8, 4) is 0 Å². The molecular weight excluding hydrogens is 375 g/mol. The van der Waals surface area contributed by atoms with Gasteiger partial charge in [-0.05, 0) is 43.7 Å². The SMILES string of the molecule is O=C1C[C@H](CCC(=O)N2CC3(CC(Cc4ccc(C(F)(F)F)nn4)C3)C2)CO1. The van der Waals surface area contributed by atoms with Crippen molar-refractivity contribution < 1.29 is 27.5 Å². The van der Waals surface area contributed by atoms with Crippen molar-refractivity contribution in [2.45, 2.75) is 44.7 Å². The number of esters is 1. The van der Waals surface area contributed by atoms with E-state index in [9.17, 15) is 22.8 Å². The molecule has 0 aromatic carbocycles. The van der Waals surface area contributed by atoms with E-state index in [0.717, 1.165) is 32.0 Å². The fourth-order valence-corrected chi connectivity index (χ4v) is 4.66. The molecule has 2 saturated heterocycles. The van der Waals surface area contributed by atoms with Crippen LogP contribution in [0.1, 0.15) is 43.5 Å². The molecule has 1 aliphatic carbocycles. The maximum Gasteiger partial charge on any atom is 0.435 e. The monoisotopic (exact) mass is 397 g/mol. The van der Waals surface area contributed by atoms with Gasteiger partial charge in [-0.25, -0.2) is 0 Å². The number of ether oxygens (including phenoxy) is 1. The summed E-state index contributed by atoms with van der Waals surface area (Å²) in [6.45, 7) is 1.92. The van der Waals surface area contributed by atoms with Crippen LogP contribution in [0.25, 0.3) is 0 Å². The number of carbonyl (C=O) groups is 2. The van der Waals surface area contributed by atoms with E-state index < -0.39 is 11.9 Å². The van der Waals surface area contributed by atoms with E-state index >= 15 is 0 Å². The number of nitrogens with zero attached hydrogens (tertiary/aromatic N) is 3. The molecule has 3 fully saturated rings. The van der Waals surface area contributed by atoms with E-state index in [2.05, 4.69) is 10.2 Å². The normalized spacial score (nSPS) is 24.0. The predicted molar refractivity (Wildman–Crippen MR) is 90.8 cm³/mol. The van der Waals surface area contributed by atoms with Crippen molar-refractivity contribution in [2.24, 2.45) is 17.3 Å². The number of cyclic esters (lactones) is 1. The van der Waals surface area contributed by atoms with Crippen LogP contribution in [0, 0.1) is 17.3 Å². The Hall–Kier alpha value is -2.19. The molecule has 1 saturated carbocycles.